The molecular weight excluding hydrogens is 202 g/mol. The van der Waals surface area contributed by atoms with Crippen LogP contribution in [0.5, 0.6) is 0 Å². The normalized spacial score (nSPS) is 16.3. The van der Waals surface area contributed by atoms with E-state index in [1.54, 1.807) is 0 Å². The van der Waals surface area contributed by atoms with Crippen LogP contribution in [-0.4, -0.2) is 25.2 Å². The van der Waals surface area contributed by atoms with Gasteiger partial charge in [-0.1, -0.05) is 11.6 Å². The van der Waals surface area contributed by atoms with E-state index in [4.69, 9.17) is 0 Å². The lowest BCUT2D eigenvalue weighted by molar-refractivity contribution is 0.410. The summed E-state index contributed by atoms with van der Waals surface area (Å²) in [7, 11) is 0. The number of H-pyrrole nitrogens is 1. The van der Waals surface area contributed by atoms with E-state index < -0.39 is 0 Å². The number of rotatable bonds is 3. The van der Waals surface area contributed by atoms with Crippen molar-refractivity contribution >= 4 is 0 Å². The summed E-state index contributed by atoms with van der Waals surface area (Å²) < 4.78 is 1.88. The van der Waals surface area contributed by atoms with Gasteiger partial charge in [0.15, 0.2) is 0 Å². The van der Waals surface area contributed by atoms with E-state index in [1.807, 2.05) is 17.8 Å². The van der Waals surface area contributed by atoms with Gasteiger partial charge in [0.25, 0.3) is 0 Å². The molecule has 5 nitrogen and oxygen atoms in total. The fourth-order valence-corrected chi connectivity index (χ4v) is 1.98. The molecule has 0 aliphatic heterocycles. The van der Waals surface area contributed by atoms with E-state index in [1.165, 1.54) is 24.8 Å². The number of nitrogens with zero attached hydrogens (tertiary/aromatic N) is 4. The Labute approximate surface area is 93.9 Å². The molecule has 2 heterocycles. The average Bonchev–Trinajstić information content (AvgIpc) is 2.76. The molecule has 5 heteroatoms. The van der Waals surface area contributed by atoms with Crippen LogP contribution in [0.2, 0.25) is 0 Å². The highest BCUT2D eigenvalue weighted by molar-refractivity contribution is 5.14. The van der Waals surface area contributed by atoms with Crippen LogP contribution in [-0.2, 0) is 6.54 Å². The molecule has 16 heavy (non-hydrogen) atoms. The molecule has 0 aromatic carbocycles. The van der Waals surface area contributed by atoms with Crippen molar-refractivity contribution < 1.29 is 0 Å². The summed E-state index contributed by atoms with van der Waals surface area (Å²) in [5.74, 6) is 0.650. The van der Waals surface area contributed by atoms with Crippen molar-refractivity contribution in [3.63, 3.8) is 0 Å². The van der Waals surface area contributed by atoms with Crippen molar-refractivity contribution in [2.24, 2.45) is 0 Å². The lowest BCUT2D eigenvalue weighted by Gasteiger charge is -2.22. The van der Waals surface area contributed by atoms with Gasteiger partial charge in [-0.2, -0.15) is 5.10 Å². The predicted molar refractivity (Wildman–Crippen MR) is 59.0 cm³/mol. The van der Waals surface area contributed by atoms with Gasteiger partial charge in [-0.15, -0.1) is 5.10 Å². The molecule has 0 amide bonds. The Bertz CT molecular complexity index is 480. The zero-order valence-electron chi connectivity index (χ0n) is 9.35. The monoisotopic (exact) mass is 217 g/mol. The first-order valence-corrected chi connectivity index (χ1v) is 5.72. The Morgan fingerprint density at radius 3 is 3.00 bits per heavy atom. The third-order valence-corrected chi connectivity index (χ3v) is 3.33. The summed E-state index contributed by atoms with van der Waals surface area (Å²) in [6, 6.07) is 0. The summed E-state index contributed by atoms with van der Waals surface area (Å²) >= 11 is 0. The zero-order valence-corrected chi connectivity index (χ0v) is 9.35. The van der Waals surface area contributed by atoms with Gasteiger partial charge in [0, 0.05) is 12.1 Å². The van der Waals surface area contributed by atoms with Crippen LogP contribution >= 0.6 is 0 Å². The van der Waals surface area contributed by atoms with E-state index in [-0.39, 0.29) is 0 Å². The smallest absolute Gasteiger partial charge is 0.0858 e. The van der Waals surface area contributed by atoms with E-state index in [2.05, 4.69) is 26.7 Å². The van der Waals surface area contributed by atoms with Gasteiger partial charge < -0.3 is 0 Å². The van der Waals surface area contributed by atoms with Crippen molar-refractivity contribution in [2.75, 3.05) is 0 Å². The number of aryl methyl sites for hydroxylation is 1. The Kier molecular flexibility index (Phi) is 2.23. The molecular formula is C11H15N5. The number of hydrogen-bond acceptors (Lipinski definition) is 3. The van der Waals surface area contributed by atoms with Crippen LogP contribution in [0.1, 0.15) is 42.1 Å². The largest absolute Gasteiger partial charge is 0.280 e. The average molecular weight is 217 g/mol. The molecule has 0 saturated heterocycles. The van der Waals surface area contributed by atoms with Crippen LogP contribution in [0.15, 0.2) is 12.4 Å². The minimum Gasteiger partial charge on any atom is -0.280 e. The quantitative estimate of drug-likeness (QED) is 0.850. The van der Waals surface area contributed by atoms with E-state index in [9.17, 15) is 0 Å². The molecule has 0 spiro atoms. The fraction of sp³-hybridized carbons (Fsp3) is 0.545. The van der Waals surface area contributed by atoms with Crippen molar-refractivity contribution in [3.05, 3.63) is 29.3 Å². The molecule has 0 bridgehead atoms. The van der Waals surface area contributed by atoms with E-state index in [0.717, 1.165) is 17.9 Å². The number of aromatic nitrogens is 5. The highest BCUT2D eigenvalue weighted by Gasteiger charge is 2.22. The third-order valence-electron chi connectivity index (χ3n) is 3.33. The molecule has 0 atom stereocenters. The highest BCUT2D eigenvalue weighted by atomic mass is 15.4. The second-order valence-corrected chi connectivity index (χ2v) is 4.50. The van der Waals surface area contributed by atoms with Crippen molar-refractivity contribution in [1.82, 2.24) is 25.2 Å². The third kappa shape index (κ3) is 1.62. The molecule has 1 fully saturated rings. The van der Waals surface area contributed by atoms with Crippen molar-refractivity contribution in [3.8, 4) is 0 Å². The Hall–Kier alpha value is -1.65. The molecule has 2 aromatic rings. The minimum atomic E-state index is 0.650. The first kappa shape index (κ1) is 9.57. The van der Waals surface area contributed by atoms with Crippen LogP contribution in [0.3, 0.4) is 0 Å². The Morgan fingerprint density at radius 2 is 2.38 bits per heavy atom. The molecule has 1 aliphatic carbocycles. The SMILES string of the molecule is Cc1cn[nH]c1Cn1cc(C2CCC2)nn1. The van der Waals surface area contributed by atoms with E-state index >= 15 is 0 Å². The number of nitrogens with one attached hydrogen (secondary N) is 1. The molecule has 1 N–H and O–H groups in total. The summed E-state index contributed by atoms with van der Waals surface area (Å²) in [6.45, 7) is 2.77. The van der Waals surface area contributed by atoms with Crippen molar-refractivity contribution in [1.29, 1.82) is 0 Å². The van der Waals surface area contributed by atoms with Gasteiger partial charge in [-0.05, 0) is 25.3 Å². The molecule has 84 valence electrons. The Balaban J connectivity index is 1.75. The van der Waals surface area contributed by atoms with Gasteiger partial charge in [0.2, 0.25) is 0 Å². The predicted octanol–water partition coefficient (Wildman–Crippen LogP) is 1.63. The minimum absolute atomic E-state index is 0.650. The summed E-state index contributed by atoms with van der Waals surface area (Å²) in [5.41, 5.74) is 3.41. The molecule has 0 unspecified atom stereocenters. The summed E-state index contributed by atoms with van der Waals surface area (Å²) in [6.07, 6.45) is 7.75. The first-order valence-electron chi connectivity index (χ1n) is 5.72. The second-order valence-electron chi connectivity index (χ2n) is 4.50. The van der Waals surface area contributed by atoms with Gasteiger partial charge in [-0.25, -0.2) is 4.68 Å². The number of aromatic amines is 1. The topological polar surface area (TPSA) is 59.4 Å². The Morgan fingerprint density at radius 1 is 1.50 bits per heavy atom. The van der Waals surface area contributed by atoms with Gasteiger partial charge in [0.05, 0.1) is 24.1 Å². The maximum absolute atomic E-state index is 4.23. The van der Waals surface area contributed by atoms with Gasteiger partial charge in [0.1, 0.15) is 0 Å². The molecule has 2 aromatic heterocycles. The highest BCUT2D eigenvalue weighted by Crippen LogP contribution is 2.34. The van der Waals surface area contributed by atoms with Crippen molar-refractivity contribution in [2.45, 2.75) is 38.6 Å². The fourth-order valence-electron chi connectivity index (χ4n) is 1.98. The second kappa shape index (κ2) is 3.73. The first-order chi connectivity index (χ1) is 7.83. The van der Waals surface area contributed by atoms with Gasteiger partial charge in [-0.3, -0.25) is 5.10 Å². The van der Waals surface area contributed by atoms with E-state index in [0.29, 0.717) is 5.92 Å². The van der Waals surface area contributed by atoms with Crippen LogP contribution in [0.4, 0.5) is 0 Å². The standard InChI is InChI=1S/C11H15N5/c1-8-5-12-13-10(8)6-16-7-11(14-15-16)9-3-2-4-9/h5,7,9H,2-4,6H2,1H3,(H,12,13). The van der Waals surface area contributed by atoms with Crippen LogP contribution in [0, 0.1) is 6.92 Å². The summed E-state index contributed by atoms with van der Waals surface area (Å²) in [5, 5.41) is 15.4. The van der Waals surface area contributed by atoms with Crippen LogP contribution < -0.4 is 0 Å². The molecule has 1 aliphatic rings. The lowest BCUT2D eigenvalue weighted by atomic mass is 9.83. The lowest BCUT2D eigenvalue weighted by Crippen LogP contribution is -2.08. The molecule has 1 saturated carbocycles. The molecule has 3 rings (SSSR count). The zero-order chi connectivity index (χ0) is 11.0. The maximum atomic E-state index is 4.23. The van der Waals surface area contributed by atoms with Gasteiger partial charge >= 0.3 is 0 Å². The summed E-state index contributed by atoms with van der Waals surface area (Å²) in [4.78, 5) is 0. The number of hydrogen-bond donors (Lipinski definition) is 1. The molecule has 0 radical (unpaired) electrons. The van der Waals surface area contributed by atoms with Crippen LogP contribution in [0.25, 0.3) is 0 Å². The maximum Gasteiger partial charge on any atom is 0.0858 e.